The summed E-state index contributed by atoms with van der Waals surface area (Å²) < 4.78 is 8.90. The van der Waals surface area contributed by atoms with Crippen molar-refractivity contribution in [2.24, 2.45) is 0 Å². The molecule has 0 N–H and O–H groups in total. The van der Waals surface area contributed by atoms with Crippen molar-refractivity contribution >= 4 is 28.3 Å². The molecule has 1 aliphatic heterocycles. The Balaban J connectivity index is 1.50. The molecule has 31 heavy (non-hydrogen) atoms. The summed E-state index contributed by atoms with van der Waals surface area (Å²) in [5.74, 6) is 0. The molecular formula is C24H22ClN4O2. The predicted octanol–water partition coefficient (Wildman–Crippen LogP) is 4.04. The van der Waals surface area contributed by atoms with Gasteiger partial charge in [0, 0.05) is 54.6 Å². The van der Waals surface area contributed by atoms with Crippen molar-refractivity contribution in [1.82, 2.24) is 14.1 Å². The van der Waals surface area contributed by atoms with Gasteiger partial charge in [-0.1, -0.05) is 23.7 Å². The monoisotopic (exact) mass is 433 g/mol. The highest BCUT2D eigenvalue weighted by molar-refractivity contribution is 6.30. The lowest BCUT2D eigenvalue weighted by molar-refractivity contribution is 0.122. The molecule has 0 saturated carbocycles. The minimum atomic E-state index is -0.0605. The van der Waals surface area contributed by atoms with Crippen LogP contribution in [0.3, 0.4) is 0 Å². The molecule has 1 radical (unpaired) electrons. The third kappa shape index (κ3) is 3.96. The highest BCUT2D eigenvalue weighted by Gasteiger charge is 2.16. The predicted molar refractivity (Wildman–Crippen MR) is 124 cm³/mol. The lowest BCUT2D eigenvalue weighted by atomic mass is 10.1. The minimum Gasteiger partial charge on any atom is -0.378 e. The third-order valence-corrected chi connectivity index (χ3v) is 5.90. The Bertz CT molecular complexity index is 1290. The first-order valence-electron chi connectivity index (χ1n) is 10.2. The molecular weight excluding hydrogens is 412 g/mol. The fourth-order valence-electron chi connectivity index (χ4n) is 3.98. The number of benzene rings is 1. The molecule has 1 fully saturated rings. The smallest absolute Gasteiger partial charge is 0.251 e. The molecule has 0 bridgehead atoms. The molecule has 0 spiro atoms. The summed E-state index contributed by atoms with van der Waals surface area (Å²) in [6.07, 6.45) is 5.64. The zero-order chi connectivity index (χ0) is 21.4. The van der Waals surface area contributed by atoms with E-state index in [0.717, 1.165) is 46.5 Å². The van der Waals surface area contributed by atoms with Crippen LogP contribution in [0.25, 0.3) is 22.2 Å². The number of ether oxygens (including phenoxy) is 1. The van der Waals surface area contributed by atoms with Gasteiger partial charge in [0.25, 0.3) is 5.56 Å². The van der Waals surface area contributed by atoms with Crippen LogP contribution in [-0.4, -0.2) is 40.4 Å². The van der Waals surface area contributed by atoms with Gasteiger partial charge in [-0.25, -0.2) is 4.98 Å². The van der Waals surface area contributed by atoms with Gasteiger partial charge in [-0.15, -0.1) is 0 Å². The van der Waals surface area contributed by atoms with E-state index in [9.17, 15) is 4.79 Å². The van der Waals surface area contributed by atoms with E-state index in [-0.39, 0.29) is 5.56 Å². The zero-order valence-corrected chi connectivity index (χ0v) is 17.8. The number of rotatable bonds is 4. The van der Waals surface area contributed by atoms with E-state index < -0.39 is 0 Å². The van der Waals surface area contributed by atoms with Crippen molar-refractivity contribution in [2.45, 2.75) is 6.54 Å². The van der Waals surface area contributed by atoms with Crippen LogP contribution < -0.4 is 10.5 Å². The van der Waals surface area contributed by atoms with Crippen LogP contribution in [0.5, 0.6) is 0 Å². The Morgan fingerprint density at radius 3 is 2.61 bits per heavy atom. The second-order valence-electron chi connectivity index (χ2n) is 7.68. The standard InChI is InChI=1S/C24H22ClN4O2/c1-27-16-22(21-13-20(14-26-24(21)27)28-8-10-31-11-9-28)18-6-7-29(23(30)12-18)15-17-2-4-19(25)5-3-17/h2-7,12-14,16H,1,8-11,15H2. The third-order valence-electron chi connectivity index (χ3n) is 5.65. The fraction of sp³-hybridized carbons (Fsp3) is 0.208. The first-order chi connectivity index (χ1) is 15.1. The van der Waals surface area contributed by atoms with Gasteiger partial charge < -0.3 is 18.8 Å². The van der Waals surface area contributed by atoms with Crippen LogP contribution in [0.1, 0.15) is 5.56 Å². The molecule has 1 aromatic carbocycles. The van der Waals surface area contributed by atoms with Crippen molar-refractivity contribution in [3.05, 3.63) is 89.0 Å². The number of pyridine rings is 2. The Morgan fingerprint density at radius 1 is 1.10 bits per heavy atom. The van der Waals surface area contributed by atoms with E-state index >= 15 is 0 Å². The van der Waals surface area contributed by atoms with Gasteiger partial charge in [0.2, 0.25) is 0 Å². The van der Waals surface area contributed by atoms with Crippen molar-refractivity contribution in [3.63, 3.8) is 0 Å². The average molecular weight is 434 g/mol. The largest absolute Gasteiger partial charge is 0.378 e. The number of morpholine rings is 1. The highest BCUT2D eigenvalue weighted by Crippen LogP contribution is 2.31. The highest BCUT2D eigenvalue weighted by atomic mass is 35.5. The van der Waals surface area contributed by atoms with Gasteiger partial charge >= 0.3 is 0 Å². The van der Waals surface area contributed by atoms with E-state index in [1.807, 2.05) is 48.9 Å². The molecule has 6 nitrogen and oxygen atoms in total. The normalized spacial score (nSPS) is 14.3. The Hall–Kier alpha value is -3.09. The van der Waals surface area contributed by atoms with Crippen molar-refractivity contribution in [1.29, 1.82) is 0 Å². The van der Waals surface area contributed by atoms with Crippen LogP contribution >= 0.6 is 11.6 Å². The molecule has 4 aromatic rings. The summed E-state index contributed by atoms with van der Waals surface area (Å²) in [5, 5.41) is 1.66. The molecule has 7 heteroatoms. The van der Waals surface area contributed by atoms with Gasteiger partial charge in [0.05, 0.1) is 31.6 Å². The molecule has 1 saturated heterocycles. The van der Waals surface area contributed by atoms with Gasteiger partial charge in [-0.2, -0.15) is 0 Å². The summed E-state index contributed by atoms with van der Waals surface area (Å²) in [6, 6.07) is 13.3. The maximum Gasteiger partial charge on any atom is 0.251 e. The van der Waals surface area contributed by atoms with Gasteiger partial charge in [-0.05, 0) is 35.4 Å². The van der Waals surface area contributed by atoms with Crippen LogP contribution in [0, 0.1) is 7.05 Å². The van der Waals surface area contributed by atoms with Crippen LogP contribution in [0.2, 0.25) is 5.02 Å². The first-order valence-corrected chi connectivity index (χ1v) is 10.6. The molecule has 3 aromatic heterocycles. The minimum absolute atomic E-state index is 0.0605. The molecule has 0 aliphatic carbocycles. The van der Waals surface area contributed by atoms with Crippen molar-refractivity contribution in [3.8, 4) is 11.1 Å². The molecule has 1 aliphatic rings. The maximum atomic E-state index is 12.8. The number of hydrogen-bond acceptors (Lipinski definition) is 4. The number of hydrogen-bond donors (Lipinski definition) is 0. The molecule has 4 heterocycles. The van der Waals surface area contributed by atoms with E-state index in [0.29, 0.717) is 24.8 Å². The zero-order valence-electron chi connectivity index (χ0n) is 17.0. The lowest BCUT2D eigenvalue weighted by Gasteiger charge is -2.28. The second-order valence-corrected chi connectivity index (χ2v) is 8.12. The van der Waals surface area contributed by atoms with E-state index in [1.54, 1.807) is 15.2 Å². The fourth-order valence-corrected chi connectivity index (χ4v) is 4.10. The van der Waals surface area contributed by atoms with Crippen LogP contribution in [0.4, 0.5) is 5.69 Å². The van der Waals surface area contributed by atoms with E-state index in [2.05, 4.69) is 23.0 Å². The SMILES string of the molecule is [CH2]n1cc(-c2ccn(Cc3ccc(Cl)cc3)c(=O)c2)c2cc(N3CCOCC3)cnc21. The average Bonchev–Trinajstić information content (AvgIpc) is 3.13. The van der Waals surface area contributed by atoms with E-state index in [1.165, 1.54) is 0 Å². The summed E-state index contributed by atoms with van der Waals surface area (Å²) in [5.41, 5.74) is 4.60. The first kappa shape index (κ1) is 19.8. The molecule has 157 valence electrons. The Labute approximate surface area is 185 Å². The van der Waals surface area contributed by atoms with Crippen molar-refractivity contribution < 1.29 is 4.74 Å². The Morgan fingerprint density at radius 2 is 1.87 bits per heavy atom. The Kier molecular flexibility index (Phi) is 5.26. The summed E-state index contributed by atoms with van der Waals surface area (Å²) in [7, 11) is 4.07. The van der Waals surface area contributed by atoms with Gasteiger partial charge in [0.1, 0.15) is 5.65 Å². The topological polar surface area (TPSA) is 52.3 Å². The van der Waals surface area contributed by atoms with Crippen LogP contribution in [-0.2, 0) is 11.3 Å². The van der Waals surface area contributed by atoms with Gasteiger partial charge in [0.15, 0.2) is 0 Å². The summed E-state index contributed by atoms with van der Waals surface area (Å²) in [4.78, 5) is 19.7. The number of aromatic nitrogens is 3. The number of halogens is 1. The van der Waals surface area contributed by atoms with Crippen molar-refractivity contribution in [2.75, 3.05) is 31.2 Å². The summed E-state index contributed by atoms with van der Waals surface area (Å²) >= 11 is 5.95. The lowest BCUT2D eigenvalue weighted by Crippen LogP contribution is -2.36. The molecule has 0 unspecified atom stereocenters. The molecule has 5 rings (SSSR count). The molecule has 0 atom stereocenters. The summed E-state index contributed by atoms with van der Waals surface area (Å²) in [6.45, 7) is 3.61. The second kappa shape index (κ2) is 8.21. The number of anilines is 1. The van der Waals surface area contributed by atoms with E-state index in [4.69, 9.17) is 16.3 Å². The quantitative estimate of drug-likeness (QED) is 0.487. The molecule has 0 amide bonds. The number of fused-ring (bicyclic) bond motifs is 1. The van der Waals surface area contributed by atoms with Gasteiger partial charge in [-0.3, -0.25) is 4.79 Å². The maximum absolute atomic E-state index is 12.8. The number of nitrogens with zero attached hydrogens (tertiary/aromatic N) is 4. The van der Waals surface area contributed by atoms with Crippen LogP contribution in [0.15, 0.2) is 65.8 Å².